The summed E-state index contributed by atoms with van der Waals surface area (Å²) in [4.78, 5) is 38.3. The van der Waals surface area contributed by atoms with Crippen LogP contribution in [0.4, 0.5) is 0 Å². The number of unbranched alkanes of at least 4 members (excludes halogenated alkanes) is 37. The lowest BCUT2D eigenvalue weighted by atomic mass is 10.0. The van der Waals surface area contributed by atoms with E-state index < -0.39 is 6.10 Å². The fourth-order valence-electron chi connectivity index (χ4n) is 9.53. The van der Waals surface area contributed by atoms with Crippen LogP contribution in [-0.2, 0) is 28.6 Å². The van der Waals surface area contributed by atoms with Gasteiger partial charge in [-0.05, 0) is 83.5 Å². The van der Waals surface area contributed by atoms with Crippen molar-refractivity contribution in [3.05, 3.63) is 72.9 Å². The van der Waals surface area contributed by atoms with Gasteiger partial charge in [-0.1, -0.05) is 306 Å². The van der Waals surface area contributed by atoms with Crippen molar-refractivity contribution in [1.82, 2.24) is 0 Å². The van der Waals surface area contributed by atoms with Gasteiger partial charge in [-0.15, -0.1) is 0 Å². The van der Waals surface area contributed by atoms with Gasteiger partial charge in [0.2, 0.25) is 0 Å². The molecule has 0 heterocycles. The number of esters is 3. The standard InChI is InChI=1S/C70H124O6/c1-4-7-10-13-16-19-22-24-26-28-30-32-34-35-37-38-40-42-44-46-48-51-54-57-60-63-69(72)75-66-67(65-74-68(71)62-59-56-53-50-21-18-15-12-9-6-3)76-70(73)64-61-58-55-52-49-47-45-43-41-39-36-33-31-29-27-25-23-20-17-14-11-8-5-2/h7,10,12,15-16,19,24,26,30,32,35,37,67H,4-6,8-9,11,13-14,17-18,20-23,25,27-29,31,33-34,36,38-66H2,1-3H3/b10-7-,15-12-,19-16-,26-24-,32-30-,37-35-. The summed E-state index contributed by atoms with van der Waals surface area (Å²) < 4.78 is 16.9. The van der Waals surface area contributed by atoms with Crippen molar-refractivity contribution in [2.24, 2.45) is 0 Å². The molecule has 0 saturated heterocycles. The molecule has 0 N–H and O–H groups in total. The highest BCUT2D eigenvalue weighted by molar-refractivity contribution is 5.71. The van der Waals surface area contributed by atoms with Gasteiger partial charge in [-0.25, -0.2) is 0 Å². The van der Waals surface area contributed by atoms with Crippen LogP contribution in [0.1, 0.15) is 335 Å². The van der Waals surface area contributed by atoms with Gasteiger partial charge >= 0.3 is 17.9 Å². The van der Waals surface area contributed by atoms with Gasteiger partial charge in [-0.2, -0.15) is 0 Å². The Morgan fingerprint density at radius 3 is 0.868 bits per heavy atom. The third-order valence-corrected chi connectivity index (χ3v) is 14.4. The highest BCUT2D eigenvalue weighted by atomic mass is 16.6. The molecule has 0 spiro atoms. The normalized spacial score (nSPS) is 12.5. The predicted octanol–water partition coefficient (Wildman–Crippen LogP) is 22.5. The molecule has 0 saturated carbocycles. The van der Waals surface area contributed by atoms with Crippen LogP contribution in [0.2, 0.25) is 0 Å². The summed E-state index contributed by atoms with van der Waals surface area (Å²) in [6.07, 6.45) is 83.5. The molecule has 0 aromatic heterocycles. The van der Waals surface area contributed by atoms with Crippen LogP contribution in [0.5, 0.6) is 0 Å². The van der Waals surface area contributed by atoms with E-state index >= 15 is 0 Å². The van der Waals surface area contributed by atoms with Crippen molar-refractivity contribution < 1.29 is 28.6 Å². The van der Waals surface area contributed by atoms with Crippen LogP contribution in [-0.4, -0.2) is 37.2 Å². The SMILES string of the molecule is CC/C=C\C/C=C\C/C=C\C/C=C\C/C=C\CCCCCCCCCCCC(=O)OCC(COC(=O)CCCCCCC/C=C\CCC)OC(=O)CCCCCCCCCCCCCCCCCCCCCCCCC. The smallest absolute Gasteiger partial charge is 0.306 e. The molecule has 0 aliphatic heterocycles. The molecule has 440 valence electrons. The summed E-state index contributed by atoms with van der Waals surface area (Å²) in [5.74, 6) is -0.878. The highest BCUT2D eigenvalue weighted by Crippen LogP contribution is 2.18. The van der Waals surface area contributed by atoms with Crippen LogP contribution < -0.4 is 0 Å². The first-order valence-electron chi connectivity index (χ1n) is 32.9. The molecular formula is C70H124O6. The number of hydrogen-bond donors (Lipinski definition) is 0. The molecule has 0 bridgehead atoms. The molecule has 0 aliphatic rings. The number of carbonyl (C=O) groups is 3. The number of hydrogen-bond acceptors (Lipinski definition) is 6. The zero-order chi connectivity index (χ0) is 55.0. The van der Waals surface area contributed by atoms with Crippen molar-refractivity contribution in [3.63, 3.8) is 0 Å². The topological polar surface area (TPSA) is 78.9 Å². The minimum atomic E-state index is -0.780. The number of allylic oxidation sites excluding steroid dienone is 12. The van der Waals surface area contributed by atoms with Crippen molar-refractivity contribution in [1.29, 1.82) is 0 Å². The first kappa shape index (κ1) is 72.8. The van der Waals surface area contributed by atoms with Gasteiger partial charge in [0.05, 0.1) is 0 Å². The summed E-state index contributed by atoms with van der Waals surface area (Å²) in [5, 5.41) is 0. The molecule has 0 fully saturated rings. The van der Waals surface area contributed by atoms with Gasteiger partial charge in [0.15, 0.2) is 6.10 Å². The Bertz CT molecular complexity index is 1400. The van der Waals surface area contributed by atoms with E-state index in [0.29, 0.717) is 19.3 Å². The fourth-order valence-corrected chi connectivity index (χ4v) is 9.53. The van der Waals surface area contributed by atoms with E-state index in [2.05, 4.69) is 93.7 Å². The molecule has 6 heteroatoms. The fraction of sp³-hybridized carbons (Fsp3) is 0.786. The Kier molecular flexibility index (Phi) is 61.7. The Hall–Kier alpha value is -3.15. The van der Waals surface area contributed by atoms with Crippen LogP contribution in [0.25, 0.3) is 0 Å². The molecule has 76 heavy (non-hydrogen) atoms. The van der Waals surface area contributed by atoms with Crippen LogP contribution >= 0.6 is 0 Å². The molecule has 0 aromatic carbocycles. The Morgan fingerprint density at radius 1 is 0.276 bits per heavy atom. The Morgan fingerprint density at radius 2 is 0.539 bits per heavy atom. The summed E-state index contributed by atoms with van der Waals surface area (Å²) in [7, 11) is 0. The van der Waals surface area contributed by atoms with Gasteiger partial charge in [-0.3, -0.25) is 14.4 Å². The van der Waals surface area contributed by atoms with E-state index in [4.69, 9.17) is 14.2 Å². The van der Waals surface area contributed by atoms with E-state index in [-0.39, 0.29) is 31.1 Å². The van der Waals surface area contributed by atoms with E-state index in [0.717, 1.165) is 109 Å². The summed E-state index contributed by atoms with van der Waals surface area (Å²) in [6, 6.07) is 0. The summed E-state index contributed by atoms with van der Waals surface area (Å²) >= 11 is 0. The molecule has 1 unspecified atom stereocenters. The minimum Gasteiger partial charge on any atom is -0.462 e. The third kappa shape index (κ3) is 61.7. The predicted molar refractivity (Wildman–Crippen MR) is 330 cm³/mol. The highest BCUT2D eigenvalue weighted by Gasteiger charge is 2.19. The number of carbonyl (C=O) groups excluding carboxylic acids is 3. The largest absolute Gasteiger partial charge is 0.462 e. The lowest BCUT2D eigenvalue weighted by Gasteiger charge is -2.18. The third-order valence-electron chi connectivity index (χ3n) is 14.4. The summed E-state index contributed by atoms with van der Waals surface area (Å²) in [6.45, 7) is 6.50. The zero-order valence-electron chi connectivity index (χ0n) is 50.5. The molecule has 6 nitrogen and oxygen atoms in total. The van der Waals surface area contributed by atoms with Crippen LogP contribution in [0.15, 0.2) is 72.9 Å². The molecule has 0 aliphatic carbocycles. The van der Waals surface area contributed by atoms with Crippen LogP contribution in [0.3, 0.4) is 0 Å². The van der Waals surface area contributed by atoms with Crippen molar-refractivity contribution in [2.75, 3.05) is 13.2 Å². The maximum absolute atomic E-state index is 12.9. The monoisotopic (exact) mass is 1060 g/mol. The van der Waals surface area contributed by atoms with Gasteiger partial charge in [0.1, 0.15) is 13.2 Å². The first-order valence-corrected chi connectivity index (χ1v) is 32.9. The second-order valence-electron chi connectivity index (χ2n) is 22.0. The second-order valence-corrected chi connectivity index (χ2v) is 22.0. The van der Waals surface area contributed by atoms with Crippen molar-refractivity contribution in [3.8, 4) is 0 Å². The van der Waals surface area contributed by atoms with Gasteiger partial charge in [0.25, 0.3) is 0 Å². The minimum absolute atomic E-state index is 0.0783. The second kappa shape index (κ2) is 64.4. The average molecular weight is 1060 g/mol. The molecule has 0 amide bonds. The lowest BCUT2D eigenvalue weighted by Crippen LogP contribution is -2.30. The Labute approximate surface area is 472 Å². The van der Waals surface area contributed by atoms with E-state index in [9.17, 15) is 14.4 Å². The number of ether oxygens (including phenoxy) is 3. The quantitative estimate of drug-likeness (QED) is 0.0261. The number of rotatable bonds is 60. The molecular weight excluding hydrogens is 937 g/mol. The van der Waals surface area contributed by atoms with E-state index in [1.165, 1.54) is 186 Å². The molecule has 0 aromatic rings. The molecule has 0 rings (SSSR count). The lowest BCUT2D eigenvalue weighted by molar-refractivity contribution is -0.167. The average Bonchev–Trinajstić information content (AvgIpc) is 3.42. The van der Waals surface area contributed by atoms with E-state index in [1.807, 2.05) is 0 Å². The molecule has 0 radical (unpaired) electrons. The van der Waals surface area contributed by atoms with Gasteiger partial charge in [0, 0.05) is 19.3 Å². The van der Waals surface area contributed by atoms with Crippen LogP contribution in [0, 0.1) is 0 Å². The van der Waals surface area contributed by atoms with Crippen molar-refractivity contribution >= 4 is 17.9 Å². The first-order chi connectivity index (χ1) is 37.5. The Balaban J connectivity index is 4.22. The zero-order valence-corrected chi connectivity index (χ0v) is 50.5. The maximum Gasteiger partial charge on any atom is 0.306 e. The van der Waals surface area contributed by atoms with Gasteiger partial charge < -0.3 is 14.2 Å². The van der Waals surface area contributed by atoms with E-state index in [1.54, 1.807) is 0 Å². The van der Waals surface area contributed by atoms with Crippen molar-refractivity contribution in [2.45, 2.75) is 341 Å². The molecule has 1 atom stereocenters. The maximum atomic E-state index is 12.9. The summed E-state index contributed by atoms with van der Waals surface area (Å²) in [5.41, 5.74) is 0.